The van der Waals surface area contributed by atoms with Crippen LogP contribution in [0.3, 0.4) is 0 Å². The molecular formula is C15H18ClF3N2O2. The number of rotatable bonds is 6. The molecule has 0 aliphatic rings. The van der Waals surface area contributed by atoms with Crippen LogP contribution in [0.15, 0.2) is 24.3 Å². The monoisotopic (exact) mass is 350 g/mol. The Hall–Kier alpha value is -1.76. The molecule has 1 rings (SSSR count). The summed E-state index contributed by atoms with van der Waals surface area (Å²) >= 11 is 5.73. The first-order chi connectivity index (χ1) is 10.6. The molecule has 8 heteroatoms. The van der Waals surface area contributed by atoms with Crippen molar-refractivity contribution in [3.8, 4) is 0 Å². The van der Waals surface area contributed by atoms with Crippen molar-refractivity contribution in [2.45, 2.75) is 32.5 Å². The van der Waals surface area contributed by atoms with Crippen LogP contribution in [0.1, 0.15) is 30.6 Å². The minimum Gasteiger partial charge on any atom is -0.345 e. The van der Waals surface area contributed by atoms with Gasteiger partial charge >= 0.3 is 6.18 Å². The summed E-state index contributed by atoms with van der Waals surface area (Å²) in [6.45, 7) is 2.03. The lowest BCUT2D eigenvalue weighted by atomic mass is 9.98. The molecule has 0 heterocycles. The molecule has 2 atom stereocenters. The van der Waals surface area contributed by atoms with Crippen molar-refractivity contribution in [1.29, 1.82) is 0 Å². The normalized spacial score (nSPS) is 14.0. The molecule has 0 aliphatic carbocycles. The van der Waals surface area contributed by atoms with Crippen molar-refractivity contribution in [2.24, 2.45) is 5.92 Å². The maximum atomic E-state index is 12.2. The third-order valence-electron chi connectivity index (χ3n) is 3.35. The number of alkyl halides is 3. The highest BCUT2D eigenvalue weighted by atomic mass is 35.5. The van der Waals surface area contributed by atoms with Crippen LogP contribution in [-0.4, -0.2) is 30.6 Å². The molecule has 2 N–H and O–H groups in total. The summed E-state index contributed by atoms with van der Waals surface area (Å²) in [6, 6.07) is 4.92. The van der Waals surface area contributed by atoms with Crippen molar-refractivity contribution >= 4 is 23.4 Å². The Morgan fingerprint density at radius 2 is 1.78 bits per heavy atom. The van der Waals surface area contributed by atoms with E-state index in [0.717, 1.165) is 0 Å². The van der Waals surface area contributed by atoms with Gasteiger partial charge in [-0.05, 0) is 30.2 Å². The summed E-state index contributed by atoms with van der Waals surface area (Å²) in [5, 5.41) is 4.73. The molecule has 2 unspecified atom stereocenters. The van der Waals surface area contributed by atoms with Crippen LogP contribution in [0, 0.1) is 5.92 Å². The third-order valence-corrected chi connectivity index (χ3v) is 3.60. The Morgan fingerprint density at radius 3 is 2.26 bits per heavy atom. The van der Waals surface area contributed by atoms with E-state index in [-0.39, 0.29) is 11.5 Å². The Labute approximate surface area is 137 Å². The zero-order valence-corrected chi connectivity index (χ0v) is 13.5. The third kappa shape index (κ3) is 6.48. The molecule has 0 fully saturated rings. The lowest BCUT2D eigenvalue weighted by Gasteiger charge is -2.24. The fourth-order valence-electron chi connectivity index (χ4n) is 1.83. The Balaban J connectivity index is 2.80. The number of carbonyl (C=O) groups is 2. The predicted octanol–water partition coefficient (Wildman–Crippen LogP) is 3.16. The van der Waals surface area contributed by atoms with Gasteiger partial charge in [0.15, 0.2) is 0 Å². The van der Waals surface area contributed by atoms with Gasteiger partial charge in [-0.25, -0.2) is 0 Å². The van der Waals surface area contributed by atoms with E-state index >= 15 is 0 Å². The van der Waals surface area contributed by atoms with Gasteiger partial charge in [0.1, 0.15) is 12.6 Å². The van der Waals surface area contributed by atoms with Crippen molar-refractivity contribution in [2.75, 3.05) is 6.54 Å². The van der Waals surface area contributed by atoms with Crippen LogP contribution >= 0.6 is 11.6 Å². The molecule has 1 aromatic carbocycles. The van der Waals surface area contributed by atoms with E-state index in [1.54, 1.807) is 19.2 Å². The maximum Gasteiger partial charge on any atom is 0.405 e. The zero-order valence-electron chi connectivity index (χ0n) is 12.7. The number of benzene rings is 1. The average Bonchev–Trinajstić information content (AvgIpc) is 2.49. The van der Waals surface area contributed by atoms with Gasteiger partial charge in [-0.3, -0.25) is 9.59 Å². The van der Waals surface area contributed by atoms with Crippen LogP contribution in [0.4, 0.5) is 13.2 Å². The van der Waals surface area contributed by atoms with Gasteiger partial charge in [-0.2, -0.15) is 13.2 Å². The number of halogens is 4. The van der Waals surface area contributed by atoms with E-state index in [0.29, 0.717) is 11.4 Å². The number of nitrogens with one attached hydrogen (secondary N) is 2. The van der Waals surface area contributed by atoms with Gasteiger partial charge in [-0.1, -0.05) is 31.9 Å². The summed E-state index contributed by atoms with van der Waals surface area (Å²) in [5.41, 5.74) is 0.270. The maximum absolute atomic E-state index is 12.2. The van der Waals surface area contributed by atoms with E-state index < -0.39 is 30.6 Å². The van der Waals surface area contributed by atoms with Crippen molar-refractivity contribution in [3.05, 3.63) is 34.9 Å². The molecule has 0 aliphatic heterocycles. The van der Waals surface area contributed by atoms with Gasteiger partial charge in [0.05, 0.1) is 0 Å². The summed E-state index contributed by atoms with van der Waals surface area (Å²) in [4.78, 5) is 24.1. The fourth-order valence-corrected chi connectivity index (χ4v) is 1.95. The molecule has 0 saturated heterocycles. The van der Waals surface area contributed by atoms with E-state index in [9.17, 15) is 22.8 Å². The molecule has 0 saturated carbocycles. The Morgan fingerprint density at radius 1 is 1.22 bits per heavy atom. The lowest BCUT2D eigenvalue weighted by molar-refractivity contribution is -0.140. The summed E-state index contributed by atoms with van der Waals surface area (Å²) in [7, 11) is 0. The van der Waals surface area contributed by atoms with Gasteiger partial charge in [0.25, 0.3) is 5.91 Å². The smallest absolute Gasteiger partial charge is 0.345 e. The standard InChI is InChI=1S/C15H18ClF3N2O2/c1-3-9(2)12(14(23)20-8-15(17,18)19)21-13(22)10-4-6-11(16)7-5-10/h4-7,9,12H,3,8H2,1-2H3,(H,20,23)(H,21,22). The van der Waals surface area contributed by atoms with Crippen LogP contribution in [-0.2, 0) is 4.79 Å². The van der Waals surface area contributed by atoms with Crippen LogP contribution < -0.4 is 10.6 Å². The number of hydrogen-bond donors (Lipinski definition) is 2. The second-order valence-corrected chi connectivity index (χ2v) is 5.61. The zero-order chi connectivity index (χ0) is 17.6. The quantitative estimate of drug-likeness (QED) is 0.828. The van der Waals surface area contributed by atoms with E-state index in [1.807, 2.05) is 0 Å². The Kier molecular flexibility index (Phi) is 6.87. The molecule has 23 heavy (non-hydrogen) atoms. The molecule has 0 spiro atoms. The summed E-state index contributed by atoms with van der Waals surface area (Å²) in [6.07, 6.45) is -3.99. The molecule has 2 amide bonds. The minimum absolute atomic E-state index is 0.270. The van der Waals surface area contributed by atoms with Crippen LogP contribution in [0.5, 0.6) is 0 Å². The lowest BCUT2D eigenvalue weighted by Crippen LogP contribution is -2.51. The molecule has 0 radical (unpaired) electrons. The van der Waals surface area contributed by atoms with E-state index in [1.165, 1.54) is 24.3 Å². The van der Waals surface area contributed by atoms with Crippen LogP contribution in [0.25, 0.3) is 0 Å². The number of hydrogen-bond acceptors (Lipinski definition) is 2. The van der Waals surface area contributed by atoms with Gasteiger partial charge in [0.2, 0.25) is 5.91 Å². The van der Waals surface area contributed by atoms with Gasteiger partial charge in [-0.15, -0.1) is 0 Å². The average molecular weight is 351 g/mol. The first-order valence-electron chi connectivity index (χ1n) is 7.05. The predicted molar refractivity (Wildman–Crippen MR) is 81.2 cm³/mol. The largest absolute Gasteiger partial charge is 0.405 e. The van der Waals surface area contributed by atoms with Gasteiger partial charge in [0, 0.05) is 10.6 Å². The van der Waals surface area contributed by atoms with Crippen molar-refractivity contribution in [3.63, 3.8) is 0 Å². The van der Waals surface area contributed by atoms with Crippen molar-refractivity contribution < 1.29 is 22.8 Å². The molecule has 1 aromatic rings. The summed E-state index contributed by atoms with van der Waals surface area (Å²) < 4.78 is 36.6. The highest BCUT2D eigenvalue weighted by Crippen LogP contribution is 2.15. The summed E-state index contributed by atoms with van der Waals surface area (Å²) in [5.74, 6) is -1.73. The highest BCUT2D eigenvalue weighted by molar-refractivity contribution is 6.30. The first kappa shape index (κ1) is 19.3. The van der Waals surface area contributed by atoms with E-state index in [4.69, 9.17) is 11.6 Å². The topological polar surface area (TPSA) is 58.2 Å². The van der Waals surface area contributed by atoms with Crippen molar-refractivity contribution in [1.82, 2.24) is 10.6 Å². The SMILES string of the molecule is CCC(C)C(NC(=O)c1ccc(Cl)cc1)C(=O)NCC(F)(F)F. The highest BCUT2D eigenvalue weighted by Gasteiger charge is 2.31. The second kappa shape index (κ2) is 8.19. The molecule has 4 nitrogen and oxygen atoms in total. The molecule has 128 valence electrons. The van der Waals surface area contributed by atoms with E-state index in [2.05, 4.69) is 5.32 Å². The fraction of sp³-hybridized carbons (Fsp3) is 0.467. The second-order valence-electron chi connectivity index (χ2n) is 5.18. The number of amides is 2. The molecular weight excluding hydrogens is 333 g/mol. The first-order valence-corrected chi connectivity index (χ1v) is 7.42. The molecule has 0 aromatic heterocycles. The van der Waals surface area contributed by atoms with Gasteiger partial charge < -0.3 is 10.6 Å². The van der Waals surface area contributed by atoms with Crippen LogP contribution in [0.2, 0.25) is 5.02 Å². The Bertz CT molecular complexity index is 547. The number of carbonyl (C=O) groups excluding carboxylic acids is 2. The minimum atomic E-state index is -4.50. The molecule has 0 bridgehead atoms.